The van der Waals surface area contributed by atoms with Crippen LogP contribution in [-0.2, 0) is 9.59 Å². The van der Waals surface area contributed by atoms with Crippen LogP contribution in [0.3, 0.4) is 0 Å². The van der Waals surface area contributed by atoms with Gasteiger partial charge in [-0.25, -0.2) is 0 Å². The van der Waals surface area contributed by atoms with Crippen molar-refractivity contribution in [2.75, 3.05) is 0 Å². The van der Waals surface area contributed by atoms with E-state index in [1.807, 2.05) is 84.9 Å². The predicted molar refractivity (Wildman–Crippen MR) is 127 cm³/mol. The molecule has 0 aromatic heterocycles. The number of benzene rings is 4. The van der Waals surface area contributed by atoms with Crippen LogP contribution in [-0.4, -0.2) is 11.9 Å². The van der Waals surface area contributed by atoms with Gasteiger partial charge in [0.2, 0.25) is 0 Å². The third-order valence-corrected chi connectivity index (χ3v) is 6.92. The quantitative estimate of drug-likeness (QED) is 0.227. The zero-order valence-corrected chi connectivity index (χ0v) is 17.9. The Balaban J connectivity index is 1.28. The summed E-state index contributed by atoms with van der Waals surface area (Å²) in [6, 6.07) is 26.9. The van der Waals surface area contributed by atoms with Crippen LogP contribution >= 0.6 is 0 Å². The molecule has 4 aromatic carbocycles. The number of ether oxygens (including phenoxy) is 2. The second-order valence-electron chi connectivity index (χ2n) is 8.80. The van der Waals surface area contributed by atoms with Gasteiger partial charge in [0, 0.05) is 10.8 Å². The molecule has 4 nitrogen and oxygen atoms in total. The van der Waals surface area contributed by atoms with Crippen molar-refractivity contribution in [2.24, 2.45) is 23.7 Å². The molecule has 0 radical (unpaired) electrons. The van der Waals surface area contributed by atoms with Crippen LogP contribution in [0.4, 0.5) is 0 Å². The monoisotopic (exact) mass is 434 g/mol. The first kappa shape index (κ1) is 19.7. The van der Waals surface area contributed by atoms with E-state index in [9.17, 15) is 9.59 Å². The highest BCUT2D eigenvalue weighted by molar-refractivity contribution is 5.94. The van der Waals surface area contributed by atoms with Crippen LogP contribution in [0.1, 0.15) is 6.42 Å². The fourth-order valence-corrected chi connectivity index (χ4v) is 5.39. The summed E-state index contributed by atoms with van der Waals surface area (Å²) in [5.41, 5.74) is 0. The molecule has 0 spiro atoms. The van der Waals surface area contributed by atoms with Crippen molar-refractivity contribution in [3.8, 4) is 11.5 Å². The third-order valence-electron chi connectivity index (χ3n) is 6.92. The Morgan fingerprint density at radius 1 is 0.576 bits per heavy atom. The molecule has 4 heteroatoms. The van der Waals surface area contributed by atoms with Gasteiger partial charge >= 0.3 is 11.9 Å². The molecule has 1 fully saturated rings. The van der Waals surface area contributed by atoms with Crippen LogP contribution in [0, 0.1) is 23.7 Å². The Morgan fingerprint density at radius 2 is 1.00 bits per heavy atom. The lowest BCUT2D eigenvalue weighted by Gasteiger charge is -2.25. The molecule has 0 aliphatic heterocycles. The summed E-state index contributed by atoms with van der Waals surface area (Å²) >= 11 is 0. The van der Waals surface area contributed by atoms with Crippen molar-refractivity contribution >= 4 is 33.5 Å². The Bertz CT molecular complexity index is 1300. The number of allylic oxidation sites excluding steroid dienone is 2. The van der Waals surface area contributed by atoms with E-state index in [0.717, 1.165) is 28.0 Å². The molecule has 2 bridgehead atoms. The summed E-state index contributed by atoms with van der Waals surface area (Å²) in [5, 5.41) is 3.76. The number of hydrogen-bond acceptors (Lipinski definition) is 4. The molecule has 2 aliphatic rings. The Morgan fingerprint density at radius 3 is 1.48 bits per heavy atom. The van der Waals surface area contributed by atoms with Crippen LogP contribution in [0.2, 0.25) is 0 Å². The van der Waals surface area contributed by atoms with E-state index in [-0.39, 0.29) is 23.8 Å². The molecule has 4 atom stereocenters. The summed E-state index contributed by atoms with van der Waals surface area (Å²) in [7, 11) is 0. The number of fused-ring (bicyclic) bond motifs is 4. The van der Waals surface area contributed by atoms with Gasteiger partial charge in [-0.05, 0) is 41.2 Å². The predicted octanol–water partition coefficient (Wildman–Crippen LogP) is 5.94. The minimum atomic E-state index is -0.554. The summed E-state index contributed by atoms with van der Waals surface area (Å²) in [4.78, 5) is 26.7. The fourth-order valence-electron chi connectivity index (χ4n) is 5.39. The highest BCUT2D eigenvalue weighted by Crippen LogP contribution is 2.49. The molecule has 6 rings (SSSR count). The Hall–Kier alpha value is -3.92. The second kappa shape index (κ2) is 7.89. The van der Waals surface area contributed by atoms with E-state index in [1.165, 1.54) is 0 Å². The number of rotatable bonds is 4. The average Bonchev–Trinajstić information content (AvgIpc) is 3.47. The van der Waals surface area contributed by atoms with E-state index in [4.69, 9.17) is 9.47 Å². The lowest BCUT2D eigenvalue weighted by molar-refractivity contribution is -0.150. The maximum absolute atomic E-state index is 13.4. The maximum atomic E-state index is 13.4. The van der Waals surface area contributed by atoms with E-state index in [0.29, 0.717) is 11.5 Å². The van der Waals surface area contributed by atoms with E-state index in [2.05, 4.69) is 0 Å². The first-order chi connectivity index (χ1) is 16.2. The van der Waals surface area contributed by atoms with Gasteiger partial charge in [0.15, 0.2) is 0 Å². The number of esters is 2. The Labute approximate surface area is 191 Å². The molecule has 0 heterocycles. The maximum Gasteiger partial charge on any atom is 0.315 e. The fraction of sp³-hybridized carbons (Fsp3) is 0.172. The molecule has 2 aliphatic carbocycles. The summed E-state index contributed by atoms with van der Waals surface area (Å²) in [6.45, 7) is 0. The van der Waals surface area contributed by atoms with Crippen LogP contribution in [0.15, 0.2) is 97.1 Å². The zero-order chi connectivity index (χ0) is 22.4. The van der Waals surface area contributed by atoms with Crippen molar-refractivity contribution in [3.63, 3.8) is 0 Å². The van der Waals surface area contributed by atoms with E-state index >= 15 is 0 Å². The summed E-state index contributed by atoms with van der Waals surface area (Å²) in [5.74, 6) is -0.837. The molecule has 0 N–H and O–H groups in total. The van der Waals surface area contributed by atoms with Crippen molar-refractivity contribution in [1.82, 2.24) is 0 Å². The highest BCUT2D eigenvalue weighted by Gasteiger charge is 2.53. The molecule has 0 saturated heterocycles. The molecule has 162 valence electrons. The molecular weight excluding hydrogens is 412 g/mol. The molecular formula is C29H22O4. The molecule has 0 amide bonds. The van der Waals surface area contributed by atoms with Gasteiger partial charge in [-0.15, -0.1) is 0 Å². The van der Waals surface area contributed by atoms with Gasteiger partial charge < -0.3 is 9.47 Å². The van der Waals surface area contributed by atoms with Crippen LogP contribution < -0.4 is 9.47 Å². The van der Waals surface area contributed by atoms with Crippen molar-refractivity contribution in [2.45, 2.75) is 6.42 Å². The summed E-state index contributed by atoms with van der Waals surface area (Å²) < 4.78 is 11.8. The van der Waals surface area contributed by atoms with E-state index < -0.39 is 11.8 Å². The van der Waals surface area contributed by atoms with Crippen molar-refractivity contribution in [1.29, 1.82) is 0 Å². The molecule has 33 heavy (non-hydrogen) atoms. The van der Waals surface area contributed by atoms with Gasteiger partial charge in [0.1, 0.15) is 11.5 Å². The third kappa shape index (κ3) is 3.39. The minimum absolute atomic E-state index is 0.0115. The highest BCUT2D eigenvalue weighted by atomic mass is 16.5. The van der Waals surface area contributed by atoms with Crippen molar-refractivity contribution < 1.29 is 19.1 Å². The first-order valence-electron chi connectivity index (χ1n) is 11.3. The number of carbonyl (C=O) groups is 2. The molecule has 0 unspecified atom stereocenters. The average molecular weight is 434 g/mol. The van der Waals surface area contributed by atoms with Gasteiger partial charge in [0.05, 0.1) is 11.8 Å². The Kier molecular flexibility index (Phi) is 4.72. The number of hydrogen-bond donors (Lipinski definition) is 0. The molecule has 1 saturated carbocycles. The van der Waals surface area contributed by atoms with Crippen LogP contribution in [0.5, 0.6) is 11.5 Å². The normalized spacial score (nSPS) is 23.2. The smallest absolute Gasteiger partial charge is 0.315 e. The number of carbonyl (C=O) groups excluding carboxylic acids is 2. The van der Waals surface area contributed by atoms with Gasteiger partial charge in [-0.2, -0.15) is 0 Å². The van der Waals surface area contributed by atoms with Crippen LogP contribution in [0.25, 0.3) is 21.5 Å². The summed E-state index contributed by atoms with van der Waals surface area (Å²) in [6.07, 6.45) is 4.85. The molecule has 4 aromatic rings. The lowest BCUT2D eigenvalue weighted by Crippen LogP contribution is -2.37. The van der Waals surface area contributed by atoms with E-state index in [1.54, 1.807) is 12.1 Å². The lowest BCUT2D eigenvalue weighted by atomic mass is 9.83. The van der Waals surface area contributed by atoms with Crippen molar-refractivity contribution in [3.05, 3.63) is 97.1 Å². The minimum Gasteiger partial charge on any atom is -0.426 e. The van der Waals surface area contributed by atoms with Gasteiger partial charge in [-0.1, -0.05) is 84.9 Å². The SMILES string of the molecule is O=C(Oc1cccc2ccccc12)[C@H]1[C@H](C(=O)Oc2cccc3ccccc23)[C@H]2C=C[C@H]1C2. The van der Waals surface area contributed by atoms with Gasteiger partial charge in [0.25, 0.3) is 0 Å². The second-order valence-corrected chi connectivity index (χ2v) is 8.80. The zero-order valence-electron chi connectivity index (χ0n) is 17.9. The first-order valence-corrected chi connectivity index (χ1v) is 11.3. The standard InChI is InChI=1S/C29H22O4/c30-28(32-24-13-5-9-18-7-1-3-11-22(18)24)26-20-15-16-21(17-20)27(26)29(31)33-25-14-6-10-19-8-2-4-12-23(19)25/h1-16,20-21,26-27H,17H2/t20-,21-,26+,27+/m0/s1. The largest absolute Gasteiger partial charge is 0.426 e. The van der Waals surface area contributed by atoms with Gasteiger partial charge in [-0.3, -0.25) is 9.59 Å². The topological polar surface area (TPSA) is 52.6 Å².